The zero-order valence-corrected chi connectivity index (χ0v) is 18.2. The summed E-state index contributed by atoms with van der Waals surface area (Å²) in [5.41, 5.74) is 0.0614. The third-order valence-corrected chi connectivity index (χ3v) is 7.14. The van der Waals surface area contributed by atoms with Crippen LogP contribution in [0.25, 0.3) is 0 Å². The molecule has 3 fully saturated rings. The number of likely N-dealkylation sites (tertiary alicyclic amines) is 3. The normalized spacial score (nSPS) is 26.3. The van der Waals surface area contributed by atoms with Crippen LogP contribution < -0.4 is 5.32 Å². The van der Waals surface area contributed by atoms with Crippen LogP contribution in [0.5, 0.6) is 0 Å². The summed E-state index contributed by atoms with van der Waals surface area (Å²) in [7, 11) is 0. The molecule has 1 aromatic rings. The number of anilines is 1. The average Bonchev–Trinajstić information content (AvgIpc) is 3.33. The number of nitrogens with one attached hydrogen (secondary N) is 1. The largest absolute Gasteiger partial charge is 0.342 e. The third-order valence-electron chi connectivity index (χ3n) is 6.90. The highest BCUT2D eigenvalue weighted by Crippen LogP contribution is 2.45. The Labute approximate surface area is 182 Å². The molecule has 4 amide bonds. The lowest BCUT2D eigenvalue weighted by Crippen LogP contribution is -2.51. The van der Waals surface area contributed by atoms with Crippen LogP contribution in [0.15, 0.2) is 24.3 Å². The van der Waals surface area contributed by atoms with Gasteiger partial charge in [0.2, 0.25) is 11.8 Å². The Bertz CT molecular complexity index is 841. The van der Waals surface area contributed by atoms with E-state index in [4.69, 9.17) is 11.6 Å². The van der Waals surface area contributed by atoms with E-state index in [1.165, 1.54) is 0 Å². The Kier molecular flexibility index (Phi) is 5.91. The van der Waals surface area contributed by atoms with Gasteiger partial charge in [0.15, 0.2) is 0 Å². The van der Waals surface area contributed by atoms with Crippen molar-refractivity contribution in [3.8, 4) is 0 Å². The zero-order valence-electron chi connectivity index (χ0n) is 17.4. The van der Waals surface area contributed by atoms with Gasteiger partial charge in [-0.2, -0.15) is 0 Å². The van der Waals surface area contributed by atoms with Crippen LogP contribution in [0.4, 0.5) is 10.5 Å². The number of carbonyl (C=O) groups is 3. The molecule has 8 heteroatoms. The molecular weight excluding hydrogens is 404 g/mol. The molecule has 3 aliphatic heterocycles. The van der Waals surface area contributed by atoms with Crippen LogP contribution in [0.3, 0.4) is 0 Å². The maximum Gasteiger partial charge on any atom is 0.321 e. The Morgan fingerprint density at radius 3 is 2.47 bits per heavy atom. The first-order valence-corrected chi connectivity index (χ1v) is 11.2. The fourth-order valence-corrected chi connectivity index (χ4v) is 5.52. The maximum absolute atomic E-state index is 13.6. The van der Waals surface area contributed by atoms with Gasteiger partial charge >= 0.3 is 6.03 Å². The van der Waals surface area contributed by atoms with Crippen LogP contribution in [0, 0.1) is 5.41 Å². The minimum atomic E-state index is -0.582. The fourth-order valence-electron chi connectivity index (χ4n) is 5.33. The molecule has 30 heavy (non-hydrogen) atoms. The molecule has 0 saturated carbocycles. The number of halogens is 1. The molecule has 162 valence electrons. The minimum Gasteiger partial charge on any atom is -0.342 e. The van der Waals surface area contributed by atoms with Gasteiger partial charge in [0.1, 0.15) is 0 Å². The van der Waals surface area contributed by atoms with Crippen LogP contribution in [0.1, 0.15) is 39.0 Å². The molecule has 0 radical (unpaired) electrons. The molecule has 0 unspecified atom stereocenters. The van der Waals surface area contributed by atoms with Crippen molar-refractivity contribution in [2.24, 2.45) is 5.41 Å². The second-order valence-electron chi connectivity index (χ2n) is 8.60. The van der Waals surface area contributed by atoms with E-state index in [-0.39, 0.29) is 23.9 Å². The van der Waals surface area contributed by atoms with Gasteiger partial charge in [0.05, 0.1) is 5.41 Å². The van der Waals surface area contributed by atoms with Gasteiger partial charge < -0.3 is 20.0 Å². The first kappa shape index (κ1) is 21.0. The number of hydrogen-bond acceptors (Lipinski definition) is 3. The van der Waals surface area contributed by atoms with E-state index in [1.807, 2.05) is 9.80 Å². The Morgan fingerprint density at radius 1 is 1.03 bits per heavy atom. The standard InChI is InChI=1S/C22H29ClN4O3/c1-16(28)27-14-9-22(20(29)25-10-2-3-11-25)8-13-26(12-7-19(22)27)21(30)24-18-6-4-5-17(23)15-18/h4-6,15,19H,2-3,7-14H2,1H3,(H,24,30)/t19-,22+/m1/s1. The highest BCUT2D eigenvalue weighted by Gasteiger charge is 2.55. The highest BCUT2D eigenvalue weighted by molar-refractivity contribution is 6.30. The van der Waals surface area contributed by atoms with E-state index < -0.39 is 5.41 Å². The summed E-state index contributed by atoms with van der Waals surface area (Å²) >= 11 is 6.02. The molecule has 0 aromatic heterocycles. The van der Waals surface area contributed by atoms with E-state index in [0.29, 0.717) is 49.6 Å². The van der Waals surface area contributed by atoms with Crippen LogP contribution in [-0.2, 0) is 9.59 Å². The van der Waals surface area contributed by atoms with Gasteiger partial charge in [-0.1, -0.05) is 17.7 Å². The Hall–Kier alpha value is -2.28. The Balaban J connectivity index is 1.53. The predicted molar refractivity (Wildman–Crippen MR) is 115 cm³/mol. The van der Waals surface area contributed by atoms with Crippen LogP contribution >= 0.6 is 11.6 Å². The summed E-state index contributed by atoms with van der Waals surface area (Å²) in [6.45, 7) is 4.79. The van der Waals surface area contributed by atoms with Crippen molar-refractivity contribution in [2.45, 2.75) is 45.1 Å². The van der Waals surface area contributed by atoms with Crippen molar-refractivity contribution < 1.29 is 14.4 Å². The van der Waals surface area contributed by atoms with Gasteiger partial charge in [-0.05, 0) is 50.3 Å². The van der Waals surface area contributed by atoms with Gasteiger partial charge in [0.25, 0.3) is 0 Å². The van der Waals surface area contributed by atoms with Crippen LogP contribution in [0.2, 0.25) is 5.02 Å². The third kappa shape index (κ3) is 3.87. The molecule has 3 aliphatic rings. The van der Waals surface area contributed by atoms with Crippen molar-refractivity contribution in [3.05, 3.63) is 29.3 Å². The van der Waals surface area contributed by atoms with Gasteiger partial charge in [-0.3, -0.25) is 9.59 Å². The molecule has 2 atom stereocenters. The monoisotopic (exact) mass is 432 g/mol. The molecule has 3 heterocycles. The Morgan fingerprint density at radius 2 is 1.77 bits per heavy atom. The summed E-state index contributed by atoms with van der Waals surface area (Å²) < 4.78 is 0. The predicted octanol–water partition coefficient (Wildman–Crippen LogP) is 3.20. The number of hydrogen-bond donors (Lipinski definition) is 1. The smallest absolute Gasteiger partial charge is 0.321 e. The molecule has 1 N–H and O–H groups in total. The van der Waals surface area contributed by atoms with E-state index in [0.717, 1.165) is 25.9 Å². The highest BCUT2D eigenvalue weighted by atomic mass is 35.5. The average molecular weight is 433 g/mol. The molecule has 0 spiro atoms. The van der Waals surface area contributed by atoms with Crippen molar-refractivity contribution in [1.29, 1.82) is 0 Å². The molecule has 0 aliphatic carbocycles. The second kappa shape index (κ2) is 8.46. The van der Waals surface area contributed by atoms with Crippen molar-refractivity contribution in [2.75, 3.05) is 38.0 Å². The topological polar surface area (TPSA) is 73.0 Å². The van der Waals surface area contributed by atoms with Crippen molar-refractivity contribution in [1.82, 2.24) is 14.7 Å². The van der Waals surface area contributed by atoms with E-state index >= 15 is 0 Å². The van der Waals surface area contributed by atoms with Crippen LogP contribution in [-0.4, -0.2) is 71.3 Å². The molecule has 1 aromatic carbocycles. The number of rotatable bonds is 2. The summed E-state index contributed by atoms with van der Waals surface area (Å²) in [6, 6.07) is 6.71. The summed E-state index contributed by atoms with van der Waals surface area (Å²) in [4.78, 5) is 44.3. The maximum atomic E-state index is 13.6. The van der Waals surface area contributed by atoms with Crippen molar-refractivity contribution >= 4 is 35.1 Å². The molecule has 3 saturated heterocycles. The molecular formula is C22H29ClN4O3. The molecule has 7 nitrogen and oxygen atoms in total. The lowest BCUT2D eigenvalue weighted by atomic mass is 9.75. The summed E-state index contributed by atoms with van der Waals surface area (Å²) in [5, 5.41) is 3.46. The number of nitrogens with zero attached hydrogens (tertiary/aromatic N) is 3. The quantitative estimate of drug-likeness (QED) is 0.779. The van der Waals surface area contributed by atoms with Gasteiger partial charge in [-0.15, -0.1) is 0 Å². The van der Waals surface area contributed by atoms with E-state index in [9.17, 15) is 14.4 Å². The number of urea groups is 1. The summed E-state index contributed by atoms with van der Waals surface area (Å²) in [6.07, 6.45) is 3.95. The fraction of sp³-hybridized carbons (Fsp3) is 0.591. The van der Waals surface area contributed by atoms with E-state index in [2.05, 4.69) is 5.32 Å². The number of carbonyl (C=O) groups excluding carboxylic acids is 3. The lowest BCUT2D eigenvalue weighted by Gasteiger charge is -2.37. The zero-order chi connectivity index (χ0) is 21.3. The van der Waals surface area contributed by atoms with E-state index in [1.54, 1.807) is 36.1 Å². The molecule has 4 rings (SSSR count). The summed E-state index contributed by atoms with van der Waals surface area (Å²) in [5.74, 6) is 0.179. The minimum absolute atomic E-state index is 0.00734. The lowest BCUT2D eigenvalue weighted by molar-refractivity contribution is -0.144. The van der Waals surface area contributed by atoms with Gasteiger partial charge in [-0.25, -0.2) is 4.79 Å². The number of fused-ring (bicyclic) bond motifs is 1. The number of amides is 4. The number of benzene rings is 1. The second-order valence-corrected chi connectivity index (χ2v) is 9.04. The van der Waals surface area contributed by atoms with Gasteiger partial charge in [0, 0.05) is 56.4 Å². The first-order chi connectivity index (χ1) is 14.4. The van der Waals surface area contributed by atoms with Crippen molar-refractivity contribution in [3.63, 3.8) is 0 Å². The molecule has 0 bridgehead atoms. The first-order valence-electron chi connectivity index (χ1n) is 10.8. The SMILES string of the molecule is CC(=O)N1CC[C@@]2(C(=O)N3CCCC3)CCN(C(=O)Nc3cccc(Cl)c3)CC[C@@H]12.